The smallest absolute Gasteiger partial charge is 0.239 e. The molecule has 0 bridgehead atoms. The zero-order valence-electron chi connectivity index (χ0n) is 15.4. The summed E-state index contributed by atoms with van der Waals surface area (Å²) in [6.07, 6.45) is 0. The Labute approximate surface area is 161 Å². The van der Waals surface area contributed by atoms with Crippen LogP contribution in [-0.2, 0) is 9.53 Å². The number of hydrogen-bond donors (Lipinski definition) is 2. The number of hydrogen-bond acceptors (Lipinski definition) is 4. The third-order valence-electron chi connectivity index (χ3n) is 4.00. The third kappa shape index (κ3) is 6.02. The summed E-state index contributed by atoms with van der Waals surface area (Å²) in [7, 11) is 1.52. The van der Waals surface area contributed by atoms with Gasteiger partial charge in [-0.15, -0.1) is 12.4 Å². The van der Waals surface area contributed by atoms with Gasteiger partial charge in [0.2, 0.25) is 5.91 Å². The molecule has 0 saturated heterocycles. The van der Waals surface area contributed by atoms with E-state index in [1.807, 2.05) is 62.4 Å². The normalized spacial score (nSPS) is 12.6. The molecule has 3 N–H and O–H groups in total. The van der Waals surface area contributed by atoms with Gasteiger partial charge in [-0.2, -0.15) is 0 Å². The summed E-state index contributed by atoms with van der Waals surface area (Å²) in [5.74, 6) is 0.583. The van der Waals surface area contributed by atoms with Gasteiger partial charge in [0.25, 0.3) is 0 Å². The van der Waals surface area contributed by atoms with Crippen molar-refractivity contribution in [3.63, 3.8) is 0 Å². The maximum Gasteiger partial charge on any atom is 0.239 e. The number of nitrogens with one attached hydrogen (secondary N) is 1. The molecular weight excluding hydrogens is 352 g/mol. The second-order valence-corrected chi connectivity index (χ2v) is 6.07. The first-order chi connectivity index (χ1) is 12.0. The van der Waals surface area contributed by atoms with Crippen LogP contribution >= 0.6 is 12.4 Å². The van der Waals surface area contributed by atoms with Crippen LogP contribution in [0, 0.1) is 13.8 Å². The number of amides is 1. The van der Waals surface area contributed by atoms with Crippen LogP contribution < -0.4 is 15.8 Å². The lowest BCUT2D eigenvalue weighted by atomic mass is 10.1. The lowest BCUT2D eigenvalue weighted by Crippen LogP contribution is -2.46. The average molecular weight is 379 g/mol. The Balaban J connectivity index is 0.00000338. The van der Waals surface area contributed by atoms with Gasteiger partial charge < -0.3 is 20.5 Å². The van der Waals surface area contributed by atoms with Crippen molar-refractivity contribution >= 4 is 18.3 Å². The van der Waals surface area contributed by atoms with Gasteiger partial charge in [0.05, 0.1) is 12.6 Å². The van der Waals surface area contributed by atoms with E-state index in [-0.39, 0.29) is 31.0 Å². The van der Waals surface area contributed by atoms with Crippen molar-refractivity contribution in [1.82, 2.24) is 5.32 Å². The molecule has 0 aliphatic heterocycles. The first kappa shape index (κ1) is 22.0. The van der Waals surface area contributed by atoms with Crippen LogP contribution in [0.1, 0.15) is 22.7 Å². The quantitative estimate of drug-likeness (QED) is 0.740. The second-order valence-electron chi connectivity index (χ2n) is 6.07. The molecule has 26 heavy (non-hydrogen) atoms. The fraction of sp³-hybridized carbons (Fsp3) is 0.350. The summed E-state index contributed by atoms with van der Waals surface area (Å²) < 4.78 is 11.0. The molecule has 0 aliphatic rings. The Hall–Kier alpha value is -2.08. The molecule has 0 spiro atoms. The number of ether oxygens (including phenoxy) is 2. The summed E-state index contributed by atoms with van der Waals surface area (Å²) in [6.45, 7) is 4.51. The van der Waals surface area contributed by atoms with Crippen molar-refractivity contribution in [1.29, 1.82) is 0 Å². The molecular formula is C20H27ClN2O3. The number of aryl methyl sites for hydroxylation is 2. The van der Waals surface area contributed by atoms with Gasteiger partial charge in [-0.05, 0) is 30.5 Å². The Bertz CT molecular complexity index is 674. The Morgan fingerprint density at radius 1 is 1.04 bits per heavy atom. The van der Waals surface area contributed by atoms with Gasteiger partial charge in [-0.25, -0.2) is 0 Å². The van der Waals surface area contributed by atoms with Crippen LogP contribution in [0.3, 0.4) is 0 Å². The number of carbonyl (C=O) groups is 1. The molecule has 0 fully saturated rings. The average Bonchev–Trinajstić information content (AvgIpc) is 2.61. The number of halogens is 1. The molecule has 2 aromatic carbocycles. The number of carbonyl (C=O) groups excluding carboxylic acids is 1. The minimum absolute atomic E-state index is 0. The van der Waals surface area contributed by atoms with Crippen LogP contribution in [0.5, 0.6) is 5.75 Å². The van der Waals surface area contributed by atoms with Crippen LogP contribution in [-0.4, -0.2) is 32.3 Å². The molecule has 2 aromatic rings. The summed E-state index contributed by atoms with van der Waals surface area (Å²) in [5, 5.41) is 2.96. The van der Waals surface area contributed by atoms with Crippen LogP contribution in [0.25, 0.3) is 0 Å². The van der Waals surface area contributed by atoms with Crippen molar-refractivity contribution in [3.8, 4) is 5.75 Å². The molecule has 2 unspecified atom stereocenters. The van der Waals surface area contributed by atoms with Crippen LogP contribution in [0.4, 0.5) is 0 Å². The highest BCUT2D eigenvalue weighted by Gasteiger charge is 2.20. The van der Waals surface area contributed by atoms with E-state index in [4.69, 9.17) is 15.2 Å². The predicted octanol–water partition coefficient (Wildman–Crippen LogP) is 2.94. The minimum atomic E-state index is -0.712. The Kier molecular flexibility index (Phi) is 9.13. The zero-order valence-corrected chi connectivity index (χ0v) is 16.2. The molecule has 0 aliphatic carbocycles. The number of benzene rings is 2. The number of nitrogens with two attached hydrogens (primary N) is 1. The van der Waals surface area contributed by atoms with E-state index in [0.717, 1.165) is 22.4 Å². The molecule has 0 saturated carbocycles. The van der Waals surface area contributed by atoms with Crippen molar-refractivity contribution in [3.05, 3.63) is 65.2 Å². The maximum atomic E-state index is 12.3. The summed E-state index contributed by atoms with van der Waals surface area (Å²) in [6, 6.07) is 14.7. The standard InChI is InChI=1S/C20H26N2O3.ClH/c1-14-8-7-9-15(2)19(14)25-13-18(16-10-5-4-6-11-16)22-20(23)17(21)12-24-3;/h4-11,17-18H,12-13,21H2,1-3H3,(H,22,23);1H. The lowest BCUT2D eigenvalue weighted by Gasteiger charge is -2.23. The molecule has 5 nitrogen and oxygen atoms in total. The minimum Gasteiger partial charge on any atom is -0.491 e. The molecule has 0 heterocycles. The molecule has 0 aromatic heterocycles. The van der Waals surface area contributed by atoms with E-state index in [9.17, 15) is 4.79 Å². The predicted molar refractivity (Wildman–Crippen MR) is 106 cm³/mol. The van der Waals surface area contributed by atoms with Gasteiger partial charge >= 0.3 is 0 Å². The lowest BCUT2D eigenvalue weighted by molar-refractivity contribution is -0.124. The summed E-state index contributed by atoms with van der Waals surface area (Å²) in [4.78, 5) is 12.3. The second kappa shape index (κ2) is 10.8. The van der Waals surface area contributed by atoms with E-state index >= 15 is 0 Å². The van der Waals surface area contributed by atoms with Crippen molar-refractivity contribution in [2.24, 2.45) is 5.73 Å². The Morgan fingerprint density at radius 3 is 2.23 bits per heavy atom. The Morgan fingerprint density at radius 2 is 1.65 bits per heavy atom. The van der Waals surface area contributed by atoms with E-state index in [0.29, 0.717) is 6.61 Å². The molecule has 1 amide bonds. The van der Waals surface area contributed by atoms with E-state index in [1.54, 1.807) is 0 Å². The highest BCUT2D eigenvalue weighted by Crippen LogP contribution is 2.24. The summed E-state index contributed by atoms with van der Waals surface area (Å²) >= 11 is 0. The summed E-state index contributed by atoms with van der Waals surface area (Å²) in [5.41, 5.74) is 8.92. The van der Waals surface area contributed by atoms with Gasteiger partial charge in [0.15, 0.2) is 0 Å². The maximum absolute atomic E-state index is 12.3. The highest BCUT2D eigenvalue weighted by atomic mass is 35.5. The van der Waals surface area contributed by atoms with Gasteiger partial charge in [-0.1, -0.05) is 48.5 Å². The molecule has 2 rings (SSSR count). The van der Waals surface area contributed by atoms with Gasteiger partial charge in [0.1, 0.15) is 18.4 Å². The van der Waals surface area contributed by atoms with Gasteiger partial charge in [-0.3, -0.25) is 4.79 Å². The van der Waals surface area contributed by atoms with E-state index in [1.165, 1.54) is 7.11 Å². The molecule has 0 radical (unpaired) electrons. The number of methoxy groups -OCH3 is 1. The van der Waals surface area contributed by atoms with E-state index < -0.39 is 6.04 Å². The largest absolute Gasteiger partial charge is 0.491 e. The van der Waals surface area contributed by atoms with Crippen molar-refractivity contribution in [2.45, 2.75) is 25.9 Å². The van der Waals surface area contributed by atoms with Crippen molar-refractivity contribution < 1.29 is 14.3 Å². The number of rotatable bonds is 8. The topological polar surface area (TPSA) is 73.6 Å². The molecule has 2 atom stereocenters. The molecule has 6 heteroatoms. The SMILES string of the molecule is COCC(N)C(=O)NC(COc1c(C)cccc1C)c1ccccc1.Cl. The van der Waals surface area contributed by atoms with Gasteiger partial charge in [0, 0.05) is 7.11 Å². The highest BCUT2D eigenvalue weighted by molar-refractivity contribution is 5.85. The molecule has 142 valence electrons. The first-order valence-corrected chi connectivity index (χ1v) is 8.31. The fourth-order valence-electron chi connectivity index (χ4n) is 2.63. The number of para-hydroxylation sites is 1. The van der Waals surface area contributed by atoms with Crippen LogP contribution in [0.15, 0.2) is 48.5 Å². The van der Waals surface area contributed by atoms with E-state index in [2.05, 4.69) is 5.32 Å². The zero-order chi connectivity index (χ0) is 18.2. The third-order valence-corrected chi connectivity index (χ3v) is 4.00. The van der Waals surface area contributed by atoms with Crippen molar-refractivity contribution in [2.75, 3.05) is 20.3 Å². The first-order valence-electron chi connectivity index (χ1n) is 8.31. The van der Waals surface area contributed by atoms with Crippen LogP contribution in [0.2, 0.25) is 0 Å². The monoisotopic (exact) mass is 378 g/mol. The fourth-order valence-corrected chi connectivity index (χ4v) is 2.63.